The maximum atomic E-state index is 15.5. The van der Waals surface area contributed by atoms with Gasteiger partial charge in [-0.05, 0) is 47.5 Å². The van der Waals surface area contributed by atoms with Gasteiger partial charge < -0.3 is 30.6 Å². The summed E-state index contributed by atoms with van der Waals surface area (Å²) in [6.45, 7) is 12.5. The van der Waals surface area contributed by atoms with Crippen LogP contribution in [0.15, 0.2) is 119 Å². The Bertz CT molecular complexity index is 3170. The highest BCUT2D eigenvalue weighted by molar-refractivity contribution is 6.04. The molecule has 0 unspecified atom stereocenters. The largest absolute Gasteiger partial charge is 0.395 e. The Hall–Kier alpha value is -7.56. The third-order valence-electron chi connectivity index (χ3n) is 11.2. The highest BCUT2D eigenvalue weighted by atomic mass is 19.2. The minimum absolute atomic E-state index is 0.00769. The quantitative estimate of drug-likeness (QED) is 0.103. The second-order valence-electron chi connectivity index (χ2n) is 16.8. The third-order valence-corrected chi connectivity index (χ3v) is 11.2. The zero-order valence-corrected chi connectivity index (χ0v) is 36.2. The first kappa shape index (κ1) is 44.1. The summed E-state index contributed by atoms with van der Waals surface area (Å²) in [6, 6.07) is 24.6. The lowest BCUT2D eigenvalue weighted by atomic mass is 9.90. The number of nitrogens with zero attached hydrogens (tertiary/aromatic N) is 6. The molecule has 3 aromatic heterocycles. The Balaban J connectivity index is 1.04. The van der Waals surface area contributed by atoms with E-state index in [0.29, 0.717) is 71.7 Å². The lowest BCUT2D eigenvalue weighted by molar-refractivity contribution is -0.113. The highest BCUT2D eigenvalue weighted by Gasteiger charge is 2.24. The summed E-state index contributed by atoms with van der Waals surface area (Å²) in [5.41, 5.74) is 2.87. The molecular weight excluding hydrogens is 831 g/mol. The number of carbonyl (C=O) groups is 1. The van der Waals surface area contributed by atoms with E-state index in [1.807, 2.05) is 63.2 Å². The Morgan fingerprint density at radius 3 is 2.45 bits per heavy atom. The van der Waals surface area contributed by atoms with E-state index in [9.17, 15) is 19.5 Å². The van der Waals surface area contributed by atoms with Crippen molar-refractivity contribution in [3.63, 3.8) is 0 Å². The number of β-amino-alcohol motifs (C(OH)–C–C–N with tert-alkyl or cyclic N) is 1. The zero-order valence-electron chi connectivity index (χ0n) is 36.2. The van der Waals surface area contributed by atoms with E-state index in [2.05, 4.69) is 42.0 Å². The maximum Gasteiger partial charge on any atom is 0.275 e. The van der Waals surface area contributed by atoms with Gasteiger partial charge in [0.05, 0.1) is 42.1 Å². The molecule has 5 N–H and O–H groups in total. The number of para-hydroxylation sites is 1. The number of aromatic amines is 2. The van der Waals surface area contributed by atoms with Crippen molar-refractivity contribution in [1.82, 2.24) is 34.4 Å². The molecular formula is C49H48F2N10O4. The molecule has 0 saturated carbocycles. The first-order valence-electron chi connectivity index (χ1n) is 21.1. The van der Waals surface area contributed by atoms with Crippen LogP contribution in [0, 0.1) is 11.6 Å². The summed E-state index contributed by atoms with van der Waals surface area (Å²) in [6.07, 6.45) is 6.22. The second kappa shape index (κ2) is 18.7. The van der Waals surface area contributed by atoms with Crippen LogP contribution < -0.4 is 37.4 Å². The molecule has 0 aliphatic carbocycles. The molecule has 1 saturated heterocycles. The van der Waals surface area contributed by atoms with Crippen LogP contribution in [0.25, 0.3) is 34.2 Å². The molecule has 1 aliphatic rings. The minimum Gasteiger partial charge on any atom is -0.395 e. The van der Waals surface area contributed by atoms with E-state index in [4.69, 9.17) is 4.98 Å². The maximum absolute atomic E-state index is 15.5. The summed E-state index contributed by atoms with van der Waals surface area (Å²) < 4.78 is 32.2. The predicted molar refractivity (Wildman–Crippen MR) is 250 cm³/mol. The molecule has 16 heteroatoms. The number of halogens is 2. The molecule has 1 aliphatic heterocycles. The Morgan fingerprint density at radius 1 is 0.923 bits per heavy atom. The SMILES string of the molecule is C=C(Cn1c(=O)/c(=C/c2nc[nH]c2C(C)(C)C)[nH]c(=O)/c1=C/c1ccccc1)C(=O)Nc1cccc(-c2cccc3cnc(Nc4ccc(N5CCN(CCO)CC5)c(F)c4F)nc23)c1. The number of rotatable bonds is 12. The summed E-state index contributed by atoms with van der Waals surface area (Å²) in [4.78, 5) is 64.8. The van der Waals surface area contributed by atoms with Crippen LogP contribution >= 0.6 is 0 Å². The van der Waals surface area contributed by atoms with Crippen LogP contribution in [0.1, 0.15) is 37.7 Å². The van der Waals surface area contributed by atoms with Crippen molar-refractivity contribution in [3.05, 3.63) is 170 Å². The average Bonchev–Trinajstić information content (AvgIpc) is 3.78. The third kappa shape index (κ3) is 9.68. The monoisotopic (exact) mass is 878 g/mol. The smallest absolute Gasteiger partial charge is 0.275 e. The number of hydrogen-bond acceptors (Lipinski definition) is 10. The lowest BCUT2D eigenvalue weighted by Gasteiger charge is -2.36. The number of aliphatic hydroxyl groups excluding tert-OH is 1. The Morgan fingerprint density at radius 2 is 1.69 bits per heavy atom. The molecule has 14 nitrogen and oxygen atoms in total. The van der Waals surface area contributed by atoms with E-state index in [1.165, 1.54) is 29.1 Å². The number of aromatic nitrogens is 6. The summed E-state index contributed by atoms with van der Waals surface area (Å²) in [7, 11) is 0. The highest BCUT2D eigenvalue weighted by Crippen LogP contribution is 2.32. The molecule has 7 aromatic rings. The average molecular weight is 879 g/mol. The number of piperazine rings is 1. The molecule has 0 bridgehead atoms. The van der Waals surface area contributed by atoms with Crippen LogP contribution in [0.5, 0.6) is 0 Å². The fraction of sp³-hybridized carbons (Fsp3) is 0.224. The summed E-state index contributed by atoms with van der Waals surface area (Å²) in [5.74, 6) is -2.57. The number of benzene rings is 4. The number of nitrogens with one attached hydrogen (secondary N) is 4. The fourth-order valence-electron chi connectivity index (χ4n) is 7.82. The van der Waals surface area contributed by atoms with Gasteiger partial charge in [-0.25, -0.2) is 23.7 Å². The van der Waals surface area contributed by atoms with Crippen LogP contribution in [-0.4, -0.2) is 84.7 Å². The number of fused-ring (bicyclic) bond motifs is 1. The molecule has 0 spiro atoms. The first-order valence-corrected chi connectivity index (χ1v) is 21.1. The van der Waals surface area contributed by atoms with E-state index in [1.54, 1.807) is 47.5 Å². The van der Waals surface area contributed by atoms with E-state index >= 15 is 8.78 Å². The number of carbonyl (C=O) groups excluding carboxylic acids is 1. The standard InChI is InChI=1S/C49H48F2N10O4/c1-30(28-61-40(24-31-10-6-5-7-11-31)46(64)56-38(47(61)65)26-37-44(49(2,3)4)54-29-53-37)45(63)55-34-14-8-12-32(25-34)35-15-9-13-33-27-52-48(58-43(33)35)57-36-16-17-39(42(51)41(36)50)60-20-18-59(19-21-60)22-23-62/h5-17,24-27,29,62H,1,18-23,28H2,2-4H3,(H,53,54)(H,55,63)(H,56,64)(H,52,57,58)/b38-26-,40-24-. The molecule has 0 atom stereocenters. The minimum atomic E-state index is -1.06. The number of anilines is 4. The van der Waals surface area contributed by atoms with Crippen molar-refractivity contribution >= 4 is 52.0 Å². The first-order chi connectivity index (χ1) is 31.3. The van der Waals surface area contributed by atoms with Crippen molar-refractivity contribution in [1.29, 1.82) is 0 Å². The Labute approximate surface area is 372 Å². The van der Waals surface area contributed by atoms with Gasteiger partial charge in [-0.3, -0.25) is 23.9 Å². The molecule has 1 fully saturated rings. The van der Waals surface area contributed by atoms with Gasteiger partial charge in [-0.1, -0.05) is 88.0 Å². The van der Waals surface area contributed by atoms with Gasteiger partial charge in [0.25, 0.3) is 17.0 Å². The van der Waals surface area contributed by atoms with Crippen LogP contribution in [0.2, 0.25) is 0 Å². The molecule has 1 amide bonds. The van der Waals surface area contributed by atoms with E-state index < -0.39 is 28.7 Å². The van der Waals surface area contributed by atoms with E-state index in [0.717, 1.165) is 5.69 Å². The summed E-state index contributed by atoms with van der Waals surface area (Å²) in [5, 5.41) is 15.7. The van der Waals surface area contributed by atoms with Crippen LogP contribution in [0.3, 0.4) is 0 Å². The van der Waals surface area contributed by atoms with Gasteiger partial charge in [0.2, 0.25) is 5.95 Å². The number of imidazole rings is 1. The number of hydrogen-bond donors (Lipinski definition) is 5. The van der Waals surface area contributed by atoms with Crippen molar-refractivity contribution in [2.75, 3.05) is 54.9 Å². The zero-order chi connectivity index (χ0) is 45.8. The topological polar surface area (TPSA) is 177 Å². The predicted octanol–water partition coefficient (Wildman–Crippen LogP) is 5.16. The van der Waals surface area contributed by atoms with Crippen LogP contribution in [0.4, 0.5) is 31.8 Å². The van der Waals surface area contributed by atoms with Crippen molar-refractivity contribution < 1.29 is 18.7 Å². The molecule has 65 heavy (non-hydrogen) atoms. The molecule has 0 radical (unpaired) electrons. The molecule has 4 aromatic carbocycles. The molecule has 8 rings (SSSR count). The van der Waals surface area contributed by atoms with E-state index in [-0.39, 0.29) is 52.2 Å². The van der Waals surface area contributed by atoms with Gasteiger partial charge in [-0.15, -0.1) is 0 Å². The van der Waals surface area contributed by atoms with Gasteiger partial charge >= 0.3 is 0 Å². The van der Waals surface area contributed by atoms with Gasteiger partial charge in [0, 0.05) is 72.2 Å². The lowest BCUT2D eigenvalue weighted by Crippen LogP contribution is -2.53. The van der Waals surface area contributed by atoms with Gasteiger partial charge in [0.15, 0.2) is 11.6 Å². The molecule has 4 heterocycles. The van der Waals surface area contributed by atoms with Crippen molar-refractivity contribution in [3.8, 4) is 11.1 Å². The Kier molecular flexibility index (Phi) is 12.6. The summed E-state index contributed by atoms with van der Waals surface area (Å²) >= 11 is 0. The molecule has 332 valence electrons. The van der Waals surface area contributed by atoms with Gasteiger partial charge in [-0.2, -0.15) is 0 Å². The fourth-order valence-corrected chi connectivity index (χ4v) is 7.82. The number of aliphatic hydroxyl groups is 1. The van der Waals surface area contributed by atoms with Crippen molar-refractivity contribution in [2.24, 2.45) is 0 Å². The second-order valence-corrected chi connectivity index (χ2v) is 16.8. The van der Waals surface area contributed by atoms with Gasteiger partial charge in [0.1, 0.15) is 10.7 Å². The number of H-pyrrole nitrogens is 2. The number of amides is 1. The van der Waals surface area contributed by atoms with Crippen molar-refractivity contribution in [2.45, 2.75) is 32.7 Å². The van der Waals surface area contributed by atoms with Crippen LogP contribution in [-0.2, 0) is 16.8 Å². The normalized spacial score (nSPS) is 14.0.